The number of hydrogen-bond acceptors (Lipinski definition) is 4. The minimum atomic E-state index is 0.703. The van der Waals surface area contributed by atoms with Gasteiger partial charge in [-0.3, -0.25) is 0 Å². The molecule has 0 radical (unpaired) electrons. The van der Waals surface area contributed by atoms with Gasteiger partial charge in [0.1, 0.15) is 10.8 Å². The Morgan fingerprint density at radius 1 is 1.38 bits per heavy atom. The fraction of sp³-hybridized carbons (Fsp3) is 0.750. The molecule has 0 unspecified atom stereocenters. The molecule has 1 heterocycles. The average molecular weight is 239 g/mol. The Labute approximate surface area is 102 Å². The van der Waals surface area contributed by atoms with E-state index in [1.54, 1.807) is 11.5 Å². The molecular formula is C12H21N3S. The highest BCUT2D eigenvalue weighted by atomic mass is 32.1. The molecule has 2 rings (SSSR count). The molecule has 0 amide bonds. The van der Waals surface area contributed by atoms with Crippen LogP contribution in [0.25, 0.3) is 0 Å². The van der Waals surface area contributed by atoms with Gasteiger partial charge in [-0.15, -0.1) is 0 Å². The molecule has 1 saturated carbocycles. The van der Waals surface area contributed by atoms with Gasteiger partial charge < -0.3 is 10.6 Å². The number of rotatable bonds is 3. The van der Waals surface area contributed by atoms with Crippen LogP contribution in [0.5, 0.6) is 0 Å². The van der Waals surface area contributed by atoms with E-state index in [4.69, 9.17) is 5.73 Å². The van der Waals surface area contributed by atoms with Gasteiger partial charge in [0, 0.05) is 18.2 Å². The van der Waals surface area contributed by atoms with E-state index in [1.807, 2.05) is 0 Å². The largest absolute Gasteiger partial charge is 0.383 e. The molecule has 0 bridgehead atoms. The Balaban J connectivity index is 2.18. The smallest absolute Gasteiger partial charge is 0.142 e. The molecule has 1 fully saturated rings. The quantitative estimate of drug-likeness (QED) is 0.880. The topological polar surface area (TPSA) is 42.2 Å². The lowest BCUT2D eigenvalue weighted by molar-refractivity contribution is 0.419. The first kappa shape index (κ1) is 11.7. The Kier molecular flexibility index (Phi) is 3.69. The van der Waals surface area contributed by atoms with Crippen LogP contribution < -0.4 is 10.6 Å². The molecule has 0 saturated heterocycles. The van der Waals surface area contributed by atoms with Crippen molar-refractivity contribution in [3.63, 3.8) is 0 Å². The summed E-state index contributed by atoms with van der Waals surface area (Å²) in [6.45, 7) is 5.37. The van der Waals surface area contributed by atoms with Crippen LogP contribution in [0.1, 0.15) is 44.6 Å². The normalized spacial score (nSPS) is 17.6. The molecule has 0 spiro atoms. The summed E-state index contributed by atoms with van der Waals surface area (Å²) in [5, 5.41) is 1.28. The number of nitrogen functional groups attached to an aromatic ring is 1. The van der Waals surface area contributed by atoms with E-state index < -0.39 is 0 Å². The average Bonchev–Trinajstić information content (AvgIpc) is 2.64. The number of nitrogens with two attached hydrogens (primary N) is 1. The number of hydrogen-bond donors (Lipinski definition) is 1. The van der Waals surface area contributed by atoms with Crippen molar-refractivity contribution < 1.29 is 0 Å². The van der Waals surface area contributed by atoms with Crippen LogP contribution in [0.4, 0.5) is 10.8 Å². The molecule has 1 aliphatic rings. The van der Waals surface area contributed by atoms with Crippen molar-refractivity contribution in [2.45, 2.75) is 52.0 Å². The molecule has 1 aliphatic carbocycles. The van der Waals surface area contributed by atoms with E-state index in [9.17, 15) is 0 Å². The highest BCUT2D eigenvalue weighted by Gasteiger charge is 2.23. The van der Waals surface area contributed by atoms with Crippen LogP contribution in [-0.4, -0.2) is 17.0 Å². The van der Waals surface area contributed by atoms with Crippen molar-refractivity contribution in [2.75, 3.05) is 17.2 Å². The summed E-state index contributed by atoms with van der Waals surface area (Å²) in [7, 11) is 0. The van der Waals surface area contributed by atoms with Gasteiger partial charge in [0.2, 0.25) is 0 Å². The Hall–Kier alpha value is -0.770. The van der Waals surface area contributed by atoms with Crippen LogP contribution in [0.3, 0.4) is 0 Å². The summed E-state index contributed by atoms with van der Waals surface area (Å²) < 4.78 is 4.26. The number of aromatic nitrogens is 1. The van der Waals surface area contributed by atoms with E-state index in [0.717, 1.165) is 12.1 Å². The molecule has 90 valence electrons. The second kappa shape index (κ2) is 5.04. The van der Waals surface area contributed by atoms with Gasteiger partial charge >= 0.3 is 0 Å². The maximum atomic E-state index is 5.84. The van der Waals surface area contributed by atoms with Gasteiger partial charge in [0.05, 0.1) is 0 Å². The lowest BCUT2D eigenvalue weighted by Gasteiger charge is -2.34. The zero-order valence-corrected chi connectivity index (χ0v) is 11.0. The van der Waals surface area contributed by atoms with E-state index in [-0.39, 0.29) is 0 Å². The van der Waals surface area contributed by atoms with Gasteiger partial charge in [-0.25, -0.2) is 0 Å². The maximum Gasteiger partial charge on any atom is 0.142 e. The monoisotopic (exact) mass is 239 g/mol. The molecule has 0 aliphatic heterocycles. The minimum absolute atomic E-state index is 0.703. The van der Waals surface area contributed by atoms with E-state index in [1.165, 1.54) is 37.1 Å². The standard InChI is InChI=1S/C12H21N3S/c1-3-15(10-7-5-4-6-8-10)12-9(2)11(13)14-16-12/h10H,3-8H2,1-2H3,(H2,13,14). The van der Waals surface area contributed by atoms with Gasteiger partial charge in [0.25, 0.3) is 0 Å². The van der Waals surface area contributed by atoms with Crippen molar-refractivity contribution in [3.8, 4) is 0 Å². The Bertz CT molecular complexity index is 342. The summed E-state index contributed by atoms with van der Waals surface area (Å²) in [6, 6.07) is 0.706. The predicted octanol–water partition coefficient (Wildman–Crippen LogP) is 3.19. The molecule has 1 aromatic heterocycles. The SMILES string of the molecule is CCN(c1snc(N)c1C)C1CCCCC1. The molecule has 3 nitrogen and oxygen atoms in total. The van der Waals surface area contributed by atoms with E-state index in [2.05, 4.69) is 23.1 Å². The lowest BCUT2D eigenvalue weighted by Crippen LogP contribution is -2.36. The molecule has 2 N–H and O–H groups in total. The molecule has 0 aromatic carbocycles. The van der Waals surface area contributed by atoms with Gasteiger partial charge in [-0.2, -0.15) is 4.37 Å². The van der Waals surface area contributed by atoms with Crippen LogP contribution in [0, 0.1) is 6.92 Å². The maximum absolute atomic E-state index is 5.84. The van der Waals surface area contributed by atoms with Crippen molar-refractivity contribution in [3.05, 3.63) is 5.56 Å². The van der Waals surface area contributed by atoms with Crippen LogP contribution in [0.2, 0.25) is 0 Å². The Morgan fingerprint density at radius 2 is 2.06 bits per heavy atom. The van der Waals surface area contributed by atoms with Crippen molar-refractivity contribution in [1.29, 1.82) is 0 Å². The van der Waals surface area contributed by atoms with Crippen molar-refractivity contribution in [2.24, 2.45) is 0 Å². The van der Waals surface area contributed by atoms with Crippen LogP contribution >= 0.6 is 11.5 Å². The van der Waals surface area contributed by atoms with E-state index in [0.29, 0.717) is 11.9 Å². The Morgan fingerprint density at radius 3 is 2.56 bits per heavy atom. The van der Waals surface area contributed by atoms with Crippen LogP contribution in [-0.2, 0) is 0 Å². The third-order valence-corrected chi connectivity index (χ3v) is 4.55. The second-order valence-electron chi connectivity index (χ2n) is 4.58. The third-order valence-electron chi connectivity index (χ3n) is 3.55. The highest BCUT2D eigenvalue weighted by molar-refractivity contribution is 7.10. The molecule has 1 aromatic rings. The first-order valence-electron chi connectivity index (χ1n) is 6.22. The molecule has 4 heteroatoms. The predicted molar refractivity (Wildman–Crippen MR) is 71.2 cm³/mol. The number of nitrogens with zero attached hydrogens (tertiary/aromatic N) is 2. The summed E-state index contributed by atoms with van der Waals surface area (Å²) >= 11 is 1.55. The van der Waals surface area contributed by atoms with Gasteiger partial charge in [-0.1, -0.05) is 19.3 Å². The molecule has 0 atom stereocenters. The minimum Gasteiger partial charge on any atom is -0.383 e. The zero-order valence-electron chi connectivity index (χ0n) is 10.2. The second-order valence-corrected chi connectivity index (χ2v) is 5.33. The van der Waals surface area contributed by atoms with Crippen LogP contribution in [0.15, 0.2) is 0 Å². The third kappa shape index (κ3) is 2.17. The lowest BCUT2D eigenvalue weighted by atomic mass is 9.94. The van der Waals surface area contributed by atoms with E-state index >= 15 is 0 Å². The highest BCUT2D eigenvalue weighted by Crippen LogP contribution is 2.34. The first-order valence-corrected chi connectivity index (χ1v) is 6.99. The van der Waals surface area contributed by atoms with Gasteiger partial charge in [-0.05, 0) is 38.2 Å². The summed E-state index contributed by atoms with van der Waals surface area (Å²) in [5.41, 5.74) is 7.00. The first-order chi connectivity index (χ1) is 7.74. The fourth-order valence-electron chi connectivity index (χ4n) is 2.57. The zero-order chi connectivity index (χ0) is 11.5. The summed E-state index contributed by atoms with van der Waals surface area (Å²) in [4.78, 5) is 2.50. The molecular weight excluding hydrogens is 218 g/mol. The summed E-state index contributed by atoms with van der Waals surface area (Å²) in [6.07, 6.45) is 6.79. The molecule has 16 heavy (non-hydrogen) atoms. The summed E-state index contributed by atoms with van der Waals surface area (Å²) in [5.74, 6) is 0.703. The van der Waals surface area contributed by atoms with Crippen molar-refractivity contribution in [1.82, 2.24) is 4.37 Å². The number of anilines is 2. The van der Waals surface area contributed by atoms with Crippen molar-refractivity contribution >= 4 is 22.4 Å². The fourth-order valence-corrected chi connectivity index (χ4v) is 3.51. The van der Waals surface area contributed by atoms with Gasteiger partial charge in [0.15, 0.2) is 0 Å².